The van der Waals surface area contributed by atoms with Crippen LogP contribution in [0.25, 0.3) is 17.1 Å². The largest absolute Gasteiger partial charge is 0.292 e. The second-order valence-corrected chi connectivity index (χ2v) is 8.89. The summed E-state index contributed by atoms with van der Waals surface area (Å²) >= 11 is 13.5. The predicted octanol–water partition coefficient (Wildman–Crippen LogP) is 6.26. The van der Waals surface area contributed by atoms with Gasteiger partial charge >= 0.3 is 0 Å². The Morgan fingerprint density at radius 1 is 1.06 bits per heavy atom. The molecule has 1 aromatic heterocycles. The molecular weight excluding hydrogens is 511 g/mol. The molecule has 3 aromatic carbocycles. The number of anilines is 1. The highest BCUT2D eigenvalue weighted by Crippen LogP contribution is 2.34. The summed E-state index contributed by atoms with van der Waals surface area (Å²) in [6.07, 6.45) is 0. The number of benzene rings is 3. The summed E-state index contributed by atoms with van der Waals surface area (Å²) in [6, 6.07) is 20.1. The van der Waals surface area contributed by atoms with Gasteiger partial charge in [-0.15, -0.1) is 10.2 Å². The van der Waals surface area contributed by atoms with Crippen molar-refractivity contribution in [1.29, 1.82) is 0 Å². The highest BCUT2D eigenvalue weighted by atomic mass is 35.5. The number of halogens is 2. The molecule has 4 aromatic rings. The number of thioether (sulfide) groups is 1. The van der Waals surface area contributed by atoms with Gasteiger partial charge in [0, 0.05) is 35.3 Å². The first-order chi connectivity index (χ1) is 16.8. The van der Waals surface area contributed by atoms with Crippen LogP contribution in [0.2, 0.25) is 10.0 Å². The van der Waals surface area contributed by atoms with Crippen LogP contribution in [-0.2, 0) is 4.79 Å². The SMILES string of the molecule is CC(=O)C(=NNc1ccc([N+](=O)[O-])cc1)Sc1nnc(-c2ccc(Cl)cc2Cl)n1-c1ccccc1. The van der Waals surface area contributed by atoms with E-state index in [0.29, 0.717) is 32.3 Å². The number of rotatable bonds is 7. The molecule has 0 radical (unpaired) electrons. The van der Waals surface area contributed by atoms with E-state index in [9.17, 15) is 14.9 Å². The number of hydrogen-bond donors (Lipinski definition) is 1. The van der Waals surface area contributed by atoms with Gasteiger partial charge in [-0.3, -0.25) is 24.9 Å². The molecule has 0 aliphatic heterocycles. The molecular formula is C23H16Cl2N6O3S. The van der Waals surface area contributed by atoms with E-state index in [0.717, 1.165) is 17.4 Å². The number of ketones is 1. The molecule has 0 atom stereocenters. The van der Waals surface area contributed by atoms with E-state index in [-0.39, 0.29) is 16.5 Å². The van der Waals surface area contributed by atoms with Crippen molar-refractivity contribution in [3.05, 3.63) is 93.0 Å². The molecule has 9 nitrogen and oxygen atoms in total. The summed E-state index contributed by atoms with van der Waals surface area (Å²) in [7, 11) is 0. The van der Waals surface area contributed by atoms with Gasteiger partial charge in [-0.05, 0) is 54.2 Å². The lowest BCUT2D eigenvalue weighted by Crippen LogP contribution is -2.10. The smallest absolute Gasteiger partial charge is 0.269 e. The summed E-state index contributed by atoms with van der Waals surface area (Å²) in [5.74, 6) is 0.157. The second kappa shape index (κ2) is 10.7. The molecule has 0 bridgehead atoms. The molecule has 0 fully saturated rings. The summed E-state index contributed by atoms with van der Waals surface area (Å²) in [5, 5.41) is 25.0. The average molecular weight is 527 g/mol. The average Bonchev–Trinajstić information content (AvgIpc) is 3.25. The fraction of sp³-hybridized carbons (Fsp3) is 0.0435. The van der Waals surface area contributed by atoms with Crippen molar-refractivity contribution in [2.24, 2.45) is 5.10 Å². The molecule has 0 aliphatic carbocycles. The van der Waals surface area contributed by atoms with Gasteiger partial charge in [-0.25, -0.2) is 0 Å². The normalized spacial score (nSPS) is 11.3. The zero-order valence-corrected chi connectivity index (χ0v) is 20.4. The Labute approximate surface area is 213 Å². The van der Waals surface area contributed by atoms with Crippen molar-refractivity contribution in [2.75, 3.05) is 5.43 Å². The molecule has 12 heteroatoms. The van der Waals surface area contributed by atoms with Gasteiger partial charge < -0.3 is 0 Å². The first kappa shape index (κ1) is 24.4. The molecule has 0 unspecified atom stereocenters. The van der Waals surface area contributed by atoms with E-state index in [4.69, 9.17) is 23.2 Å². The van der Waals surface area contributed by atoms with Crippen LogP contribution in [-0.4, -0.2) is 30.5 Å². The maximum absolute atomic E-state index is 12.4. The molecule has 4 rings (SSSR count). The zero-order valence-electron chi connectivity index (χ0n) is 18.1. The highest BCUT2D eigenvalue weighted by Gasteiger charge is 2.21. The number of carbonyl (C=O) groups is 1. The van der Waals surface area contributed by atoms with E-state index in [2.05, 4.69) is 20.7 Å². The molecule has 0 spiro atoms. The van der Waals surface area contributed by atoms with Crippen LogP contribution in [0.15, 0.2) is 83.1 Å². The Kier molecular flexibility index (Phi) is 7.45. The van der Waals surface area contributed by atoms with Gasteiger partial charge in [0.1, 0.15) is 0 Å². The Morgan fingerprint density at radius 3 is 2.40 bits per heavy atom. The summed E-state index contributed by atoms with van der Waals surface area (Å²) in [5.41, 5.74) is 4.56. The Bertz CT molecular complexity index is 1430. The number of hydrogen-bond acceptors (Lipinski definition) is 8. The molecule has 176 valence electrons. The Morgan fingerprint density at radius 2 is 1.77 bits per heavy atom. The van der Waals surface area contributed by atoms with Gasteiger partial charge in [0.25, 0.3) is 5.69 Å². The van der Waals surface area contributed by atoms with E-state index in [1.54, 1.807) is 22.8 Å². The van der Waals surface area contributed by atoms with Crippen molar-refractivity contribution in [1.82, 2.24) is 14.8 Å². The van der Waals surface area contributed by atoms with Crippen molar-refractivity contribution < 1.29 is 9.72 Å². The topological polar surface area (TPSA) is 115 Å². The molecule has 1 heterocycles. The lowest BCUT2D eigenvalue weighted by Gasteiger charge is -2.11. The molecule has 0 amide bonds. The first-order valence-electron chi connectivity index (χ1n) is 10.1. The van der Waals surface area contributed by atoms with Gasteiger partial charge in [-0.1, -0.05) is 41.4 Å². The Balaban J connectivity index is 1.71. The molecule has 0 saturated carbocycles. The van der Waals surface area contributed by atoms with Crippen LogP contribution in [0.3, 0.4) is 0 Å². The van der Waals surface area contributed by atoms with Crippen molar-refractivity contribution in [3.63, 3.8) is 0 Å². The molecule has 1 N–H and O–H groups in total. The van der Waals surface area contributed by atoms with Gasteiger partial charge in [0.05, 0.1) is 15.6 Å². The van der Waals surface area contributed by atoms with Crippen LogP contribution in [0.1, 0.15) is 6.92 Å². The van der Waals surface area contributed by atoms with E-state index in [1.807, 2.05) is 30.3 Å². The number of nitro benzene ring substituents is 1. The predicted molar refractivity (Wildman–Crippen MR) is 138 cm³/mol. The minimum atomic E-state index is -0.495. The van der Waals surface area contributed by atoms with Crippen LogP contribution < -0.4 is 5.43 Å². The van der Waals surface area contributed by atoms with Gasteiger partial charge in [0.15, 0.2) is 16.7 Å². The molecule has 0 aliphatic rings. The number of non-ortho nitro benzene ring substituents is 1. The second-order valence-electron chi connectivity index (χ2n) is 7.09. The number of para-hydroxylation sites is 1. The lowest BCUT2D eigenvalue weighted by molar-refractivity contribution is -0.384. The van der Waals surface area contributed by atoms with E-state index < -0.39 is 4.92 Å². The van der Waals surface area contributed by atoms with Crippen molar-refractivity contribution in [2.45, 2.75) is 12.1 Å². The standard InChI is InChI=1S/C23H16Cl2N6O3S/c1-14(32)22(28-26-16-8-10-18(11-9-16)31(33)34)35-23-29-27-21(19-12-7-15(24)13-20(19)25)30(23)17-5-3-2-4-6-17/h2-13,26H,1H3. The third kappa shape index (κ3) is 5.68. The number of carbonyl (C=O) groups excluding carboxylic acids is 1. The summed E-state index contributed by atoms with van der Waals surface area (Å²) in [4.78, 5) is 22.7. The Hall–Kier alpha value is -3.73. The number of aromatic nitrogens is 3. The lowest BCUT2D eigenvalue weighted by atomic mass is 10.2. The third-order valence-electron chi connectivity index (χ3n) is 4.67. The molecule has 35 heavy (non-hydrogen) atoms. The van der Waals surface area contributed by atoms with Crippen LogP contribution in [0, 0.1) is 10.1 Å². The number of Topliss-reactive ketones (excluding diaryl/α,β-unsaturated/α-hetero) is 1. The monoisotopic (exact) mass is 526 g/mol. The number of hydrazone groups is 1. The number of nitrogens with zero attached hydrogens (tertiary/aromatic N) is 5. The first-order valence-corrected chi connectivity index (χ1v) is 11.6. The van der Waals surface area contributed by atoms with Gasteiger partial charge in [0.2, 0.25) is 5.16 Å². The molecule has 0 saturated heterocycles. The third-order valence-corrected chi connectivity index (χ3v) is 6.24. The van der Waals surface area contributed by atoms with E-state index >= 15 is 0 Å². The fourth-order valence-corrected chi connectivity index (χ4v) is 4.29. The maximum atomic E-state index is 12.4. The van der Waals surface area contributed by atoms with Crippen molar-refractivity contribution >= 4 is 57.2 Å². The van der Waals surface area contributed by atoms with Crippen molar-refractivity contribution in [3.8, 4) is 17.1 Å². The summed E-state index contributed by atoms with van der Waals surface area (Å²) < 4.78 is 1.77. The fourth-order valence-electron chi connectivity index (χ4n) is 3.02. The van der Waals surface area contributed by atoms with Crippen LogP contribution in [0.5, 0.6) is 0 Å². The van der Waals surface area contributed by atoms with Gasteiger partial charge in [-0.2, -0.15) is 5.10 Å². The van der Waals surface area contributed by atoms with Crippen LogP contribution >= 0.6 is 35.0 Å². The minimum absolute atomic E-state index is 0.0509. The number of nitrogens with one attached hydrogen (secondary N) is 1. The number of nitro groups is 1. The van der Waals surface area contributed by atoms with Crippen LogP contribution in [0.4, 0.5) is 11.4 Å². The minimum Gasteiger partial charge on any atom is -0.292 e. The van der Waals surface area contributed by atoms with E-state index in [1.165, 1.54) is 31.2 Å². The highest BCUT2D eigenvalue weighted by molar-refractivity contribution is 8.15. The zero-order chi connectivity index (χ0) is 24.9. The quantitative estimate of drug-likeness (QED) is 0.0992. The maximum Gasteiger partial charge on any atom is 0.269 e. The summed E-state index contributed by atoms with van der Waals surface area (Å²) in [6.45, 7) is 1.38.